The molecule has 4 bridgehead atoms. The number of carbonyl (C=O) groups is 2. The van der Waals surface area contributed by atoms with Crippen LogP contribution in [0.2, 0.25) is 0 Å². The minimum Gasteiger partial charge on any atom is -0.481 e. The van der Waals surface area contributed by atoms with Crippen molar-refractivity contribution in [2.24, 2.45) is 23.2 Å². The Morgan fingerprint density at radius 3 is 2.19 bits per heavy atom. The number of rotatable bonds is 2. The van der Waals surface area contributed by atoms with E-state index in [-0.39, 0.29) is 12.1 Å². The Bertz CT molecular complexity index is 451. The molecular weight excluding hydrogens is 270 g/mol. The molecule has 0 spiro atoms. The highest BCUT2D eigenvalue weighted by molar-refractivity contribution is 5.75. The minimum atomic E-state index is -0.641. The van der Waals surface area contributed by atoms with Crippen LogP contribution in [0.1, 0.15) is 52.9 Å². The predicted octanol–water partition coefficient (Wildman–Crippen LogP) is 2.79. The fourth-order valence-corrected chi connectivity index (χ4v) is 4.97. The van der Waals surface area contributed by atoms with E-state index < -0.39 is 17.0 Å². The van der Waals surface area contributed by atoms with E-state index >= 15 is 0 Å². The van der Waals surface area contributed by atoms with Crippen molar-refractivity contribution in [3.63, 3.8) is 0 Å². The van der Waals surface area contributed by atoms with Crippen LogP contribution >= 0.6 is 0 Å². The van der Waals surface area contributed by atoms with Crippen molar-refractivity contribution in [2.75, 3.05) is 0 Å². The molecule has 0 aromatic rings. The topological polar surface area (TPSA) is 75.6 Å². The van der Waals surface area contributed by atoms with Gasteiger partial charge in [-0.25, -0.2) is 4.79 Å². The summed E-state index contributed by atoms with van der Waals surface area (Å²) in [5.41, 5.74) is -1.03. The number of alkyl carbamates (subject to hydrolysis) is 1. The van der Waals surface area contributed by atoms with Crippen molar-refractivity contribution >= 4 is 12.1 Å². The zero-order valence-corrected chi connectivity index (χ0v) is 13.0. The number of ether oxygens (including phenoxy) is 1. The molecule has 0 heterocycles. The van der Waals surface area contributed by atoms with Gasteiger partial charge in [0.1, 0.15) is 5.60 Å². The van der Waals surface area contributed by atoms with Crippen LogP contribution < -0.4 is 5.32 Å². The predicted molar refractivity (Wildman–Crippen MR) is 76.8 cm³/mol. The molecule has 0 aromatic heterocycles. The first kappa shape index (κ1) is 14.7. The largest absolute Gasteiger partial charge is 0.481 e. The molecule has 1 amide bonds. The molecule has 4 aliphatic rings. The summed E-state index contributed by atoms with van der Waals surface area (Å²) in [5.74, 6) is 0.465. The van der Waals surface area contributed by atoms with Crippen LogP contribution in [0, 0.1) is 23.2 Å². The molecule has 2 N–H and O–H groups in total. The van der Waals surface area contributed by atoms with Gasteiger partial charge in [-0.3, -0.25) is 4.79 Å². The molecule has 0 aromatic carbocycles. The van der Waals surface area contributed by atoms with E-state index in [9.17, 15) is 14.7 Å². The lowest BCUT2D eigenvalue weighted by Gasteiger charge is -2.58. The number of carboxylic acid groups (broad SMARTS) is 1. The van der Waals surface area contributed by atoms with Gasteiger partial charge in [0.15, 0.2) is 0 Å². The van der Waals surface area contributed by atoms with Crippen LogP contribution in [0.25, 0.3) is 0 Å². The van der Waals surface area contributed by atoms with Gasteiger partial charge in [-0.15, -0.1) is 0 Å². The third kappa shape index (κ3) is 2.62. The highest BCUT2D eigenvalue weighted by Gasteiger charge is 2.59. The van der Waals surface area contributed by atoms with Gasteiger partial charge in [-0.05, 0) is 70.6 Å². The molecular formula is C16H25NO4. The van der Waals surface area contributed by atoms with Crippen molar-refractivity contribution in [3.05, 3.63) is 0 Å². The number of hydrogen-bond acceptors (Lipinski definition) is 3. The molecule has 5 atom stereocenters. The van der Waals surface area contributed by atoms with E-state index in [1.54, 1.807) is 0 Å². The number of carboxylic acids is 1. The smallest absolute Gasteiger partial charge is 0.407 e. The summed E-state index contributed by atoms with van der Waals surface area (Å²) in [5, 5.41) is 12.6. The Kier molecular flexibility index (Phi) is 3.22. The van der Waals surface area contributed by atoms with E-state index in [0.29, 0.717) is 30.6 Å². The van der Waals surface area contributed by atoms with Gasteiger partial charge >= 0.3 is 12.1 Å². The Morgan fingerprint density at radius 2 is 1.71 bits per heavy atom. The minimum absolute atomic E-state index is 0.0869. The molecule has 118 valence electrons. The van der Waals surface area contributed by atoms with Gasteiger partial charge in [0.05, 0.1) is 5.41 Å². The van der Waals surface area contributed by atoms with Crippen LogP contribution in [0.3, 0.4) is 0 Å². The highest BCUT2D eigenvalue weighted by Crippen LogP contribution is 2.60. The maximum absolute atomic E-state index is 12.0. The van der Waals surface area contributed by atoms with Crippen LogP contribution in [-0.4, -0.2) is 28.8 Å². The quantitative estimate of drug-likeness (QED) is 0.821. The van der Waals surface area contributed by atoms with Crippen LogP contribution in [0.15, 0.2) is 0 Å². The van der Waals surface area contributed by atoms with E-state index in [2.05, 4.69) is 5.32 Å². The van der Waals surface area contributed by atoms with E-state index in [1.807, 2.05) is 20.8 Å². The van der Waals surface area contributed by atoms with Gasteiger partial charge in [-0.1, -0.05) is 0 Å². The molecule has 4 aliphatic carbocycles. The normalized spacial score (nSPS) is 40.9. The molecule has 0 aliphatic heterocycles. The van der Waals surface area contributed by atoms with Crippen molar-refractivity contribution in [2.45, 2.75) is 64.5 Å². The molecule has 4 rings (SSSR count). The maximum Gasteiger partial charge on any atom is 0.407 e. The SMILES string of the molecule is CC(C)(C)OC(=O)N[C@@H]1[C@@H]2CC3C[C@H]1C[C@](C(=O)O)(C3)C2. The monoisotopic (exact) mass is 295 g/mol. The van der Waals surface area contributed by atoms with Crippen molar-refractivity contribution in [1.82, 2.24) is 5.32 Å². The average Bonchev–Trinajstić information content (AvgIpc) is 2.30. The summed E-state index contributed by atoms with van der Waals surface area (Å²) in [6.45, 7) is 5.55. The van der Waals surface area contributed by atoms with Gasteiger partial charge < -0.3 is 15.2 Å². The first-order valence-electron chi connectivity index (χ1n) is 7.91. The van der Waals surface area contributed by atoms with Crippen LogP contribution in [-0.2, 0) is 9.53 Å². The van der Waals surface area contributed by atoms with Crippen LogP contribution in [0.5, 0.6) is 0 Å². The summed E-state index contributed by atoms with van der Waals surface area (Å²) < 4.78 is 5.35. The maximum atomic E-state index is 12.0. The Labute approximate surface area is 125 Å². The molecule has 21 heavy (non-hydrogen) atoms. The summed E-state index contributed by atoms with van der Waals surface area (Å²) >= 11 is 0. The lowest BCUT2D eigenvalue weighted by atomic mass is 9.48. The number of aliphatic carboxylic acids is 1. The second-order valence-corrected chi connectivity index (χ2v) is 8.23. The number of hydrogen-bond donors (Lipinski definition) is 2. The van der Waals surface area contributed by atoms with Gasteiger partial charge in [0.25, 0.3) is 0 Å². The lowest BCUT2D eigenvalue weighted by molar-refractivity contribution is -0.167. The standard InChI is InChI=1S/C16H25NO4/c1-15(2,3)21-14(20)17-12-10-4-9-5-11(12)8-16(6-9,7-10)13(18)19/h9-12H,4-8H2,1-3H3,(H,17,20)(H,18,19)/t9?,10-,11+,12-,16+. The molecule has 4 saturated carbocycles. The Hall–Kier alpha value is -1.26. The van der Waals surface area contributed by atoms with Gasteiger partial charge in [0.2, 0.25) is 0 Å². The summed E-state index contributed by atoms with van der Waals surface area (Å²) in [6.07, 6.45) is 3.96. The van der Waals surface area contributed by atoms with Crippen molar-refractivity contribution in [3.8, 4) is 0 Å². The first-order chi connectivity index (χ1) is 9.68. The second kappa shape index (κ2) is 4.62. The van der Waals surface area contributed by atoms with Crippen molar-refractivity contribution < 1.29 is 19.4 Å². The number of nitrogens with one attached hydrogen (secondary N) is 1. The van der Waals surface area contributed by atoms with Crippen molar-refractivity contribution in [1.29, 1.82) is 0 Å². The van der Waals surface area contributed by atoms with E-state index in [1.165, 1.54) is 0 Å². The molecule has 4 fully saturated rings. The number of carbonyl (C=O) groups excluding carboxylic acids is 1. The highest BCUT2D eigenvalue weighted by atomic mass is 16.6. The molecule has 1 unspecified atom stereocenters. The molecule has 0 saturated heterocycles. The van der Waals surface area contributed by atoms with Gasteiger partial charge in [0, 0.05) is 6.04 Å². The lowest BCUT2D eigenvalue weighted by Crippen LogP contribution is -2.61. The fourth-order valence-electron chi connectivity index (χ4n) is 4.97. The third-order valence-corrected chi connectivity index (χ3v) is 5.41. The fraction of sp³-hybridized carbons (Fsp3) is 0.875. The molecule has 5 heteroatoms. The average molecular weight is 295 g/mol. The second-order valence-electron chi connectivity index (χ2n) is 8.23. The summed E-state index contributed by atoms with van der Waals surface area (Å²) in [4.78, 5) is 23.7. The van der Waals surface area contributed by atoms with Gasteiger partial charge in [-0.2, -0.15) is 0 Å². The van der Waals surface area contributed by atoms with E-state index in [0.717, 1.165) is 19.3 Å². The Morgan fingerprint density at radius 1 is 1.14 bits per heavy atom. The molecule has 5 nitrogen and oxygen atoms in total. The first-order valence-corrected chi connectivity index (χ1v) is 7.91. The third-order valence-electron chi connectivity index (χ3n) is 5.41. The summed E-state index contributed by atoms with van der Waals surface area (Å²) in [7, 11) is 0. The molecule has 0 radical (unpaired) electrons. The zero-order chi connectivity index (χ0) is 15.4. The zero-order valence-electron chi connectivity index (χ0n) is 13.0. The van der Waals surface area contributed by atoms with E-state index in [4.69, 9.17) is 4.74 Å². The number of amides is 1. The van der Waals surface area contributed by atoms with Crippen LogP contribution in [0.4, 0.5) is 4.79 Å². The summed E-state index contributed by atoms with van der Waals surface area (Å²) in [6, 6.07) is 0.0869. The Balaban J connectivity index is 1.70.